The molecule has 1 atom stereocenters. The van der Waals surface area contributed by atoms with Crippen molar-refractivity contribution in [1.82, 2.24) is 9.80 Å². The van der Waals surface area contributed by atoms with E-state index in [1.54, 1.807) is 0 Å². The normalized spacial score (nSPS) is 13.2. The quantitative estimate of drug-likeness (QED) is 0.786. The van der Waals surface area contributed by atoms with E-state index in [0.717, 1.165) is 30.5 Å². The van der Waals surface area contributed by atoms with Crippen molar-refractivity contribution in [2.45, 2.75) is 19.4 Å². The van der Waals surface area contributed by atoms with Gasteiger partial charge in [-0.2, -0.15) is 0 Å². The minimum atomic E-state index is -0.194. The molecule has 0 radical (unpaired) electrons. The van der Waals surface area contributed by atoms with Gasteiger partial charge in [0, 0.05) is 29.2 Å². The van der Waals surface area contributed by atoms with Crippen LogP contribution in [0.5, 0.6) is 0 Å². The van der Waals surface area contributed by atoms with Crippen LogP contribution in [0.3, 0.4) is 0 Å². The third kappa shape index (κ3) is 5.13. The number of nitrogens with zero attached hydrogens (tertiary/aromatic N) is 2. The Balaban J connectivity index is 2.80. The lowest BCUT2D eigenvalue weighted by Crippen LogP contribution is -2.36. The molecule has 0 bridgehead atoms. The third-order valence-electron chi connectivity index (χ3n) is 3.44. The van der Waals surface area contributed by atoms with Crippen LogP contribution in [0, 0.1) is 5.82 Å². The summed E-state index contributed by atoms with van der Waals surface area (Å²) < 4.78 is 14.9. The zero-order valence-corrected chi connectivity index (χ0v) is 14.2. The summed E-state index contributed by atoms with van der Waals surface area (Å²) in [5, 5.41) is 0. The SMILES string of the molecule is CCN(CCCN(C)C)C(CN)c1ccc(Br)cc1F. The summed E-state index contributed by atoms with van der Waals surface area (Å²) in [7, 11) is 4.12. The predicted molar refractivity (Wildman–Crippen MR) is 86.3 cm³/mol. The van der Waals surface area contributed by atoms with Crippen LogP contribution in [0.2, 0.25) is 0 Å². The van der Waals surface area contributed by atoms with Crippen LogP contribution in [0.1, 0.15) is 24.9 Å². The van der Waals surface area contributed by atoms with Gasteiger partial charge in [-0.3, -0.25) is 4.90 Å². The lowest BCUT2D eigenvalue weighted by atomic mass is 10.0. The Morgan fingerprint density at radius 1 is 1.30 bits per heavy atom. The Kier molecular flexibility index (Phi) is 7.66. The molecule has 1 aromatic rings. The molecule has 2 N–H and O–H groups in total. The minimum absolute atomic E-state index is 0.0599. The summed E-state index contributed by atoms with van der Waals surface area (Å²) in [6.45, 7) is 5.33. The average molecular weight is 346 g/mol. The molecule has 0 aliphatic rings. The molecule has 0 aromatic heterocycles. The number of hydrogen-bond acceptors (Lipinski definition) is 3. The Morgan fingerprint density at radius 3 is 2.50 bits per heavy atom. The van der Waals surface area contributed by atoms with Crippen molar-refractivity contribution in [3.8, 4) is 0 Å². The molecule has 3 nitrogen and oxygen atoms in total. The first-order chi connectivity index (χ1) is 9.49. The highest BCUT2D eigenvalue weighted by Gasteiger charge is 2.20. The summed E-state index contributed by atoms with van der Waals surface area (Å²) in [6.07, 6.45) is 1.05. The fourth-order valence-electron chi connectivity index (χ4n) is 2.37. The van der Waals surface area contributed by atoms with Gasteiger partial charge in [0.15, 0.2) is 0 Å². The van der Waals surface area contributed by atoms with E-state index in [1.807, 2.05) is 12.1 Å². The second-order valence-electron chi connectivity index (χ2n) is 5.20. The molecular formula is C15H25BrFN3. The van der Waals surface area contributed by atoms with Gasteiger partial charge in [-0.05, 0) is 45.7 Å². The van der Waals surface area contributed by atoms with Gasteiger partial charge in [-0.25, -0.2) is 4.39 Å². The number of likely N-dealkylation sites (N-methyl/N-ethyl adjacent to an activating group) is 1. The molecule has 5 heteroatoms. The van der Waals surface area contributed by atoms with Crippen LogP contribution in [0.25, 0.3) is 0 Å². The second-order valence-corrected chi connectivity index (χ2v) is 6.12. The second kappa shape index (κ2) is 8.72. The molecule has 0 saturated heterocycles. The van der Waals surface area contributed by atoms with Crippen LogP contribution >= 0.6 is 15.9 Å². The van der Waals surface area contributed by atoms with Gasteiger partial charge in [-0.1, -0.05) is 28.9 Å². The summed E-state index contributed by atoms with van der Waals surface area (Å²) in [6, 6.07) is 5.14. The van der Waals surface area contributed by atoms with E-state index < -0.39 is 0 Å². The molecule has 0 aliphatic heterocycles. The fraction of sp³-hybridized carbons (Fsp3) is 0.600. The molecule has 1 aromatic carbocycles. The van der Waals surface area contributed by atoms with Crippen molar-refractivity contribution in [2.75, 3.05) is 40.3 Å². The van der Waals surface area contributed by atoms with Gasteiger partial charge in [0.1, 0.15) is 5.82 Å². The van der Waals surface area contributed by atoms with E-state index in [9.17, 15) is 4.39 Å². The van der Waals surface area contributed by atoms with Crippen LogP contribution in [-0.4, -0.2) is 50.1 Å². The van der Waals surface area contributed by atoms with Crippen LogP contribution < -0.4 is 5.73 Å². The van der Waals surface area contributed by atoms with Crippen molar-refractivity contribution in [3.63, 3.8) is 0 Å². The van der Waals surface area contributed by atoms with Gasteiger partial charge < -0.3 is 10.6 Å². The van der Waals surface area contributed by atoms with Crippen molar-refractivity contribution in [1.29, 1.82) is 0 Å². The Morgan fingerprint density at radius 2 is 2.00 bits per heavy atom. The molecule has 0 heterocycles. The van der Waals surface area contributed by atoms with Crippen molar-refractivity contribution >= 4 is 15.9 Å². The summed E-state index contributed by atoms with van der Waals surface area (Å²) in [5.41, 5.74) is 6.57. The zero-order chi connectivity index (χ0) is 15.1. The summed E-state index contributed by atoms with van der Waals surface area (Å²) >= 11 is 3.29. The molecule has 0 aliphatic carbocycles. The first-order valence-corrected chi connectivity index (χ1v) is 7.82. The molecule has 114 valence electrons. The molecule has 1 rings (SSSR count). The van der Waals surface area contributed by atoms with Crippen LogP contribution in [-0.2, 0) is 0 Å². The number of rotatable bonds is 8. The maximum atomic E-state index is 14.1. The fourth-order valence-corrected chi connectivity index (χ4v) is 2.70. The highest BCUT2D eigenvalue weighted by atomic mass is 79.9. The maximum absolute atomic E-state index is 14.1. The monoisotopic (exact) mass is 345 g/mol. The maximum Gasteiger partial charge on any atom is 0.129 e. The number of hydrogen-bond donors (Lipinski definition) is 1. The van der Waals surface area contributed by atoms with Gasteiger partial charge in [-0.15, -0.1) is 0 Å². The highest BCUT2D eigenvalue weighted by molar-refractivity contribution is 9.10. The Hall–Kier alpha value is -0.490. The Labute approximate surface area is 130 Å². The molecule has 20 heavy (non-hydrogen) atoms. The van der Waals surface area contributed by atoms with E-state index in [-0.39, 0.29) is 11.9 Å². The number of nitrogens with two attached hydrogens (primary N) is 1. The van der Waals surface area contributed by atoms with E-state index >= 15 is 0 Å². The zero-order valence-electron chi connectivity index (χ0n) is 12.6. The van der Waals surface area contributed by atoms with E-state index in [4.69, 9.17) is 5.73 Å². The lowest BCUT2D eigenvalue weighted by molar-refractivity contribution is 0.198. The minimum Gasteiger partial charge on any atom is -0.329 e. The van der Waals surface area contributed by atoms with Crippen LogP contribution in [0.4, 0.5) is 4.39 Å². The summed E-state index contributed by atoms with van der Waals surface area (Å²) in [5.74, 6) is -0.194. The van der Waals surface area contributed by atoms with Gasteiger partial charge >= 0.3 is 0 Å². The van der Waals surface area contributed by atoms with Gasteiger partial charge in [0.2, 0.25) is 0 Å². The standard InChI is InChI=1S/C15H25BrFN3/c1-4-20(9-5-8-19(2)3)15(11-18)13-7-6-12(16)10-14(13)17/h6-7,10,15H,4-5,8-9,11,18H2,1-3H3. The number of benzene rings is 1. The molecular weight excluding hydrogens is 321 g/mol. The topological polar surface area (TPSA) is 32.5 Å². The molecule has 0 spiro atoms. The van der Waals surface area contributed by atoms with Crippen molar-refractivity contribution < 1.29 is 4.39 Å². The van der Waals surface area contributed by atoms with E-state index in [1.165, 1.54) is 6.07 Å². The Bertz CT molecular complexity index is 412. The number of halogens is 2. The first kappa shape index (κ1) is 17.6. The molecule has 0 fully saturated rings. The molecule has 1 unspecified atom stereocenters. The third-order valence-corrected chi connectivity index (χ3v) is 3.94. The molecule has 0 amide bonds. The molecule has 0 saturated carbocycles. The van der Waals surface area contributed by atoms with Crippen LogP contribution in [0.15, 0.2) is 22.7 Å². The highest BCUT2D eigenvalue weighted by Crippen LogP contribution is 2.25. The predicted octanol–water partition coefficient (Wildman–Crippen LogP) is 2.86. The van der Waals surface area contributed by atoms with Gasteiger partial charge in [0.05, 0.1) is 0 Å². The van der Waals surface area contributed by atoms with Gasteiger partial charge in [0.25, 0.3) is 0 Å². The smallest absolute Gasteiger partial charge is 0.129 e. The first-order valence-electron chi connectivity index (χ1n) is 7.03. The van der Waals surface area contributed by atoms with E-state index in [0.29, 0.717) is 12.1 Å². The van der Waals surface area contributed by atoms with Crippen molar-refractivity contribution in [3.05, 3.63) is 34.1 Å². The summed E-state index contributed by atoms with van der Waals surface area (Å²) in [4.78, 5) is 4.40. The van der Waals surface area contributed by atoms with Crippen molar-refractivity contribution in [2.24, 2.45) is 5.73 Å². The van der Waals surface area contributed by atoms with E-state index in [2.05, 4.69) is 46.7 Å². The largest absolute Gasteiger partial charge is 0.329 e. The average Bonchev–Trinajstić information content (AvgIpc) is 2.39. The lowest BCUT2D eigenvalue weighted by Gasteiger charge is -2.30.